The maximum atomic E-state index is 13.3. The van der Waals surface area contributed by atoms with Crippen molar-refractivity contribution in [3.8, 4) is 11.8 Å². The van der Waals surface area contributed by atoms with Crippen molar-refractivity contribution in [2.45, 2.75) is 32.8 Å². The van der Waals surface area contributed by atoms with Gasteiger partial charge in [-0.25, -0.2) is 18.0 Å². The number of hydrogen-bond acceptors (Lipinski definition) is 2. The highest BCUT2D eigenvalue weighted by atomic mass is 19.3. The molecule has 0 fully saturated rings. The van der Waals surface area contributed by atoms with Gasteiger partial charge >= 0.3 is 6.09 Å². The van der Waals surface area contributed by atoms with Gasteiger partial charge in [0.2, 0.25) is 0 Å². The first kappa shape index (κ1) is 16.9. The van der Waals surface area contributed by atoms with Crippen LogP contribution in [0.2, 0.25) is 0 Å². The zero-order valence-corrected chi connectivity index (χ0v) is 12.0. The van der Waals surface area contributed by atoms with E-state index < -0.39 is 29.5 Å². The van der Waals surface area contributed by atoms with Crippen LogP contribution in [0.1, 0.15) is 38.3 Å². The monoisotopic (exact) mass is 299 g/mol. The number of nitrogens with one attached hydrogen (secondary N) is 1. The van der Waals surface area contributed by atoms with Gasteiger partial charge in [-0.2, -0.15) is 0 Å². The van der Waals surface area contributed by atoms with E-state index in [1.807, 2.05) is 0 Å². The Balaban J connectivity index is 2.56. The van der Waals surface area contributed by atoms with Crippen LogP contribution < -0.4 is 5.32 Å². The van der Waals surface area contributed by atoms with E-state index in [9.17, 15) is 18.0 Å². The molecular weight excluding hydrogens is 283 g/mol. The molecule has 0 aliphatic rings. The summed E-state index contributed by atoms with van der Waals surface area (Å²) < 4.78 is 43.0. The SMILES string of the molecule is CC(C)(C)OC(=O)NCC#Cc1ccc(C(F)F)c(F)c1. The first-order valence-electron chi connectivity index (χ1n) is 6.22. The van der Waals surface area contributed by atoms with E-state index in [0.29, 0.717) is 0 Å². The summed E-state index contributed by atoms with van der Waals surface area (Å²) in [5.41, 5.74) is -1.01. The van der Waals surface area contributed by atoms with Crippen LogP contribution in [-0.4, -0.2) is 18.2 Å². The third-order valence-electron chi connectivity index (χ3n) is 2.19. The van der Waals surface area contributed by atoms with Gasteiger partial charge in [-0.1, -0.05) is 11.8 Å². The molecule has 0 atom stereocenters. The molecule has 0 aliphatic heterocycles. The van der Waals surface area contributed by atoms with Crippen molar-refractivity contribution in [2.75, 3.05) is 6.54 Å². The Morgan fingerprint density at radius 2 is 2.05 bits per heavy atom. The van der Waals surface area contributed by atoms with Gasteiger partial charge in [-0.3, -0.25) is 0 Å². The van der Waals surface area contributed by atoms with Gasteiger partial charge in [0.05, 0.1) is 12.1 Å². The second-order valence-electron chi connectivity index (χ2n) is 5.19. The van der Waals surface area contributed by atoms with Crippen molar-refractivity contribution in [1.29, 1.82) is 0 Å². The number of amides is 1. The van der Waals surface area contributed by atoms with Gasteiger partial charge in [0.15, 0.2) is 0 Å². The Labute approximate surface area is 121 Å². The maximum absolute atomic E-state index is 13.3. The highest BCUT2D eigenvalue weighted by Gasteiger charge is 2.15. The lowest BCUT2D eigenvalue weighted by Crippen LogP contribution is -2.32. The standard InChI is InChI=1S/C15H16F3NO2/c1-15(2,3)21-14(20)19-8-4-5-10-6-7-11(13(17)18)12(16)9-10/h6-7,9,13H,8H2,1-3H3,(H,19,20). The quantitative estimate of drug-likeness (QED) is 0.847. The average Bonchev–Trinajstić information content (AvgIpc) is 2.32. The Morgan fingerprint density at radius 1 is 1.38 bits per heavy atom. The van der Waals surface area contributed by atoms with E-state index in [0.717, 1.165) is 12.1 Å². The predicted octanol–water partition coefficient (Wildman–Crippen LogP) is 3.64. The summed E-state index contributed by atoms with van der Waals surface area (Å²) in [5.74, 6) is 4.14. The molecule has 3 nitrogen and oxygen atoms in total. The van der Waals surface area contributed by atoms with E-state index in [2.05, 4.69) is 17.2 Å². The normalized spacial score (nSPS) is 10.8. The Bertz CT molecular complexity index is 569. The largest absolute Gasteiger partial charge is 0.444 e. The Kier molecular flexibility index (Phi) is 5.65. The summed E-state index contributed by atoms with van der Waals surface area (Å²) in [4.78, 5) is 11.3. The summed E-state index contributed by atoms with van der Waals surface area (Å²) in [5, 5.41) is 2.41. The van der Waals surface area contributed by atoms with Crippen molar-refractivity contribution in [1.82, 2.24) is 5.32 Å². The smallest absolute Gasteiger partial charge is 0.408 e. The Morgan fingerprint density at radius 3 is 2.57 bits per heavy atom. The number of rotatable bonds is 2. The van der Waals surface area contributed by atoms with Gasteiger partial charge in [0.25, 0.3) is 6.43 Å². The molecule has 0 spiro atoms. The fraction of sp³-hybridized carbons (Fsp3) is 0.400. The van der Waals surface area contributed by atoms with Crippen LogP contribution in [0.4, 0.5) is 18.0 Å². The van der Waals surface area contributed by atoms with Crippen LogP contribution >= 0.6 is 0 Å². The molecule has 1 aromatic rings. The lowest BCUT2D eigenvalue weighted by Gasteiger charge is -2.18. The Hall–Kier alpha value is -2.16. The van der Waals surface area contributed by atoms with E-state index in [1.54, 1.807) is 20.8 Å². The summed E-state index contributed by atoms with van der Waals surface area (Å²) >= 11 is 0. The first-order valence-corrected chi connectivity index (χ1v) is 6.22. The molecular formula is C15H16F3NO2. The molecule has 0 aliphatic carbocycles. The molecule has 114 valence electrons. The molecule has 1 amide bonds. The molecule has 0 radical (unpaired) electrons. The highest BCUT2D eigenvalue weighted by molar-refractivity contribution is 5.68. The van der Waals surface area contributed by atoms with E-state index in [1.165, 1.54) is 6.07 Å². The second kappa shape index (κ2) is 7.02. The number of carbonyl (C=O) groups is 1. The molecule has 6 heteroatoms. The van der Waals surface area contributed by atoms with Crippen LogP contribution in [0.25, 0.3) is 0 Å². The van der Waals surface area contributed by atoms with Gasteiger partial charge < -0.3 is 10.1 Å². The molecule has 0 heterocycles. The van der Waals surface area contributed by atoms with Crippen molar-refractivity contribution in [3.63, 3.8) is 0 Å². The van der Waals surface area contributed by atoms with Crippen LogP contribution in [-0.2, 0) is 4.74 Å². The third-order valence-corrected chi connectivity index (χ3v) is 2.19. The van der Waals surface area contributed by atoms with Gasteiger partial charge in [0.1, 0.15) is 11.4 Å². The minimum atomic E-state index is -2.86. The van der Waals surface area contributed by atoms with E-state index >= 15 is 0 Å². The lowest BCUT2D eigenvalue weighted by molar-refractivity contribution is 0.0535. The molecule has 1 N–H and O–H groups in total. The van der Waals surface area contributed by atoms with Crippen molar-refractivity contribution in [3.05, 3.63) is 35.1 Å². The number of alkyl carbamates (subject to hydrolysis) is 1. The predicted molar refractivity (Wildman–Crippen MR) is 72.5 cm³/mol. The van der Waals surface area contributed by atoms with Crippen LogP contribution in [0.5, 0.6) is 0 Å². The van der Waals surface area contributed by atoms with E-state index in [4.69, 9.17) is 4.74 Å². The molecule has 1 rings (SSSR count). The highest BCUT2D eigenvalue weighted by Crippen LogP contribution is 2.22. The topological polar surface area (TPSA) is 38.3 Å². The average molecular weight is 299 g/mol. The number of carbonyl (C=O) groups excluding carboxylic acids is 1. The van der Waals surface area contributed by atoms with E-state index in [-0.39, 0.29) is 12.1 Å². The molecule has 0 saturated carbocycles. The molecule has 21 heavy (non-hydrogen) atoms. The minimum absolute atomic E-state index is 0.00707. The number of halogens is 3. The number of benzene rings is 1. The van der Waals surface area contributed by atoms with Crippen LogP contribution in [0.3, 0.4) is 0 Å². The number of alkyl halides is 2. The van der Waals surface area contributed by atoms with Crippen LogP contribution in [0.15, 0.2) is 18.2 Å². The summed E-state index contributed by atoms with van der Waals surface area (Å²) in [6, 6.07) is 3.22. The summed E-state index contributed by atoms with van der Waals surface area (Å²) in [6.07, 6.45) is -3.48. The van der Waals surface area contributed by atoms with Crippen molar-refractivity contribution >= 4 is 6.09 Å². The molecule has 0 bridgehead atoms. The van der Waals surface area contributed by atoms with Crippen LogP contribution in [0, 0.1) is 17.7 Å². The first-order chi connectivity index (χ1) is 9.69. The number of hydrogen-bond donors (Lipinski definition) is 1. The zero-order valence-electron chi connectivity index (χ0n) is 12.0. The zero-order chi connectivity index (χ0) is 16.0. The fourth-order valence-electron chi connectivity index (χ4n) is 1.36. The minimum Gasteiger partial charge on any atom is -0.444 e. The van der Waals surface area contributed by atoms with Crippen molar-refractivity contribution in [2.24, 2.45) is 0 Å². The molecule has 1 aromatic carbocycles. The summed E-state index contributed by atoms with van der Waals surface area (Å²) in [7, 11) is 0. The maximum Gasteiger partial charge on any atom is 0.408 e. The van der Waals surface area contributed by atoms with Crippen molar-refractivity contribution < 1.29 is 22.7 Å². The lowest BCUT2D eigenvalue weighted by atomic mass is 10.1. The number of ether oxygens (including phenoxy) is 1. The third kappa shape index (κ3) is 6.21. The van der Waals surface area contributed by atoms with Gasteiger partial charge in [0, 0.05) is 5.56 Å². The summed E-state index contributed by atoms with van der Waals surface area (Å²) in [6.45, 7) is 5.19. The second-order valence-corrected chi connectivity index (χ2v) is 5.19. The van der Waals surface area contributed by atoms with Gasteiger partial charge in [-0.05, 0) is 39.0 Å². The molecule has 0 saturated heterocycles. The van der Waals surface area contributed by atoms with Gasteiger partial charge in [-0.15, -0.1) is 0 Å². The fourth-order valence-corrected chi connectivity index (χ4v) is 1.36. The molecule has 0 aromatic heterocycles. The molecule has 0 unspecified atom stereocenters.